The maximum atomic E-state index is 11.8. The van der Waals surface area contributed by atoms with Crippen molar-refractivity contribution in [3.05, 3.63) is 41.2 Å². The van der Waals surface area contributed by atoms with E-state index < -0.39 is 12.1 Å². The first-order valence-corrected chi connectivity index (χ1v) is 6.98. The van der Waals surface area contributed by atoms with Gasteiger partial charge in [0.25, 0.3) is 0 Å². The second-order valence-electron chi connectivity index (χ2n) is 4.71. The van der Waals surface area contributed by atoms with Gasteiger partial charge >= 0.3 is 5.97 Å². The fourth-order valence-corrected chi connectivity index (χ4v) is 2.44. The van der Waals surface area contributed by atoms with Crippen LogP contribution in [0.4, 0.5) is 0 Å². The molecule has 0 aliphatic heterocycles. The number of carbonyl (C=O) groups is 1. The Kier molecular flexibility index (Phi) is 4.79. The van der Waals surface area contributed by atoms with Gasteiger partial charge in [-0.3, -0.25) is 0 Å². The third-order valence-electron chi connectivity index (χ3n) is 3.37. The molecule has 4 heteroatoms. The van der Waals surface area contributed by atoms with Crippen LogP contribution < -0.4 is 4.74 Å². The zero-order chi connectivity index (χ0) is 14.5. The van der Waals surface area contributed by atoms with E-state index in [1.807, 2.05) is 12.1 Å². The number of esters is 1. The van der Waals surface area contributed by atoms with Gasteiger partial charge in [-0.2, -0.15) is 0 Å². The number of aryl methyl sites for hydroxylation is 1. The molecule has 0 aromatic heterocycles. The Balaban J connectivity index is 2.27. The molecule has 4 nitrogen and oxygen atoms in total. The molecule has 0 spiro atoms. The number of rotatable bonds is 4. The number of carbonyl (C=O) groups excluding carboxylic acids is 1. The van der Waals surface area contributed by atoms with Gasteiger partial charge in [0.15, 0.2) is 0 Å². The van der Waals surface area contributed by atoms with Crippen LogP contribution in [-0.2, 0) is 16.0 Å². The van der Waals surface area contributed by atoms with Gasteiger partial charge in [-0.1, -0.05) is 12.1 Å². The number of allylic oxidation sites excluding steroid dienone is 1. The lowest BCUT2D eigenvalue weighted by Crippen LogP contribution is -2.16. The second kappa shape index (κ2) is 6.57. The molecule has 1 aliphatic rings. The highest BCUT2D eigenvalue weighted by Gasteiger charge is 2.23. The summed E-state index contributed by atoms with van der Waals surface area (Å²) in [4.78, 5) is 11.8. The molecular formula is C16H20O4. The van der Waals surface area contributed by atoms with E-state index in [9.17, 15) is 9.90 Å². The van der Waals surface area contributed by atoms with Crippen LogP contribution in [0, 0.1) is 0 Å². The van der Waals surface area contributed by atoms with Crippen molar-refractivity contribution < 1.29 is 19.4 Å². The second-order valence-corrected chi connectivity index (χ2v) is 4.71. The summed E-state index contributed by atoms with van der Waals surface area (Å²) >= 11 is 0. The van der Waals surface area contributed by atoms with Gasteiger partial charge < -0.3 is 14.6 Å². The number of aliphatic hydroxyl groups excluding tert-OH is 1. The minimum absolute atomic E-state index is 0.151. The molecule has 108 valence electrons. The van der Waals surface area contributed by atoms with Gasteiger partial charge in [0, 0.05) is 5.56 Å². The Morgan fingerprint density at radius 1 is 1.50 bits per heavy atom. The monoisotopic (exact) mass is 276 g/mol. The molecule has 0 amide bonds. The predicted octanol–water partition coefficient (Wildman–Crippen LogP) is 2.90. The lowest BCUT2D eigenvalue weighted by molar-refractivity contribution is -0.141. The van der Waals surface area contributed by atoms with E-state index in [0.717, 1.165) is 30.4 Å². The predicted molar refractivity (Wildman–Crippen MR) is 75.4 cm³/mol. The van der Waals surface area contributed by atoms with E-state index in [4.69, 9.17) is 9.47 Å². The summed E-state index contributed by atoms with van der Waals surface area (Å²) in [6, 6.07) is 5.64. The summed E-state index contributed by atoms with van der Waals surface area (Å²) in [6.45, 7) is 3.77. The SMILES string of the molecule is C/C=C(/Oc1cccc2c1C(O)CCC2)C(=O)OCC. The molecule has 1 unspecified atom stereocenters. The summed E-state index contributed by atoms with van der Waals surface area (Å²) < 4.78 is 10.6. The van der Waals surface area contributed by atoms with E-state index in [1.165, 1.54) is 0 Å². The number of ether oxygens (including phenoxy) is 2. The minimum atomic E-state index is -0.532. The van der Waals surface area contributed by atoms with Crippen LogP contribution in [0.15, 0.2) is 30.0 Å². The fraction of sp³-hybridized carbons (Fsp3) is 0.438. The van der Waals surface area contributed by atoms with Gasteiger partial charge in [0.05, 0.1) is 12.7 Å². The maximum absolute atomic E-state index is 11.8. The summed E-state index contributed by atoms with van der Waals surface area (Å²) in [5.74, 6) is 0.201. The lowest BCUT2D eigenvalue weighted by atomic mass is 9.89. The number of benzene rings is 1. The van der Waals surface area contributed by atoms with Crippen LogP contribution in [0.2, 0.25) is 0 Å². The van der Waals surface area contributed by atoms with Gasteiger partial charge in [-0.25, -0.2) is 4.79 Å². The van der Waals surface area contributed by atoms with E-state index in [1.54, 1.807) is 26.0 Å². The molecule has 2 rings (SSSR count). The molecule has 1 aliphatic carbocycles. The average Bonchev–Trinajstić information content (AvgIpc) is 2.45. The van der Waals surface area contributed by atoms with Crippen molar-refractivity contribution in [2.45, 2.75) is 39.2 Å². The molecule has 1 atom stereocenters. The van der Waals surface area contributed by atoms with Gasteiger partial charge in [-0.15, -0.1) is 0 Å². The highest BCUT2D eigenvalue weighted by Crippen LogP contribution is 2.37. The van der Waals surface area contributed by atoms with Crippen LogP contribution >= 0.6 is 0 Å². The third-order valence-corrected chi connectivity index (χ3v) is 3.37. The quantitative estimate of drug-likeness (QED) is 0.522. The molecule has 0 saturated carbocycles. The molecule has 1 N–H and O–H groups in total. The Hall–Kier alpha value is -1.81. The molecular weight excluding hydrogens is 256 g/mol. The van der Waals surface area contributed by atoms with Crippen molar-refractivity contribution in [1.29, 1.82) is 0 Å². The van der Waals surface area contributed by atoms with Crippen molar-refractivity contribution in [3.8, 4) is 5.75 Å². The average molecular weight is 276 g/mol. The summed E-state index contributed by atoms with van der Waals surface area (Å²) in [6.07, 6.45) is 3.65. The Bertz CT molecular complexity index is 519. The molecule has 0 bridgehead atoms. The first-order chi connectivity index (χ1) is 9.67. The van der Waals surface area contributed by atoms with Crippen LogP contribution in [0.1, 0.15) is 43.9 Å². The van der Waals surface area contributed by atoms with Crippen molar-refractivity contribution in [2.75, 3.05) is 6.61 Å². The largest absolute Gasteiger partial charge is 0.460 e. The molecule has 1 aromatic carbocycles. The zero-order valence-electron chi connectivity index (χ0n) is 11.9. The topological polar surface area (TPSA) is 55.8 Å². The van der Waals surface area contributed by atoms with Crippen LogP contribution in [0.25, 0.3) is 0 Å². The number of aliphatic hydroxyl groups is 1. The van der Waals surface area contributed by atoms with E-state index in [2.05, 4.69) is 0 Å². The van der Waals surface area contributed by atoms with Crippen LogP contribution in [0.3, 0.4) is 0 Å². The minimum Gasteiger partial charge on any atom is -0.460 e. The first kappa shape index (κ1) is 14.6. The molecule has 0 radical (unpaired) electrons. The van der Waals surface area contributed by atoms with Crippen molar-refractivity contribution >= 4 is 5.97 Å². The lowest BCUT2D eigenvalue weighted by Gasteiger charge is -2.24. The van der Waals surface area contributed by atoms with Crippen molar-refractivity contribution in [1.82, 2.24) is 0 Å². The molecule has 0 saturated heterocycles. The number of fused-ring (bicyclic) bond motifs is 1. The third kappa shape index (κ3) is 3.02. The summed E-state index contributed by atoms with van der Waals surface area (Å²) in [7, 11) is 0. The maximum Gasteiger partial charge on any atom is 0.373 e. The highest BCUT2D eigenvalue weighted by atomic mass is 16.6. The molecule has 0 fully saturated rings. The Morgan fingerprint density at radius 3 is 3.00 bits per heavy atom. The summed E-state index contributed by atoms with van der Waals surface area (Å²) in [5, 5.41) is 10.2. The standard InChI is InChI=1S/C16H20O4/c1-3-13(16(18)19-4-2)20-14-10-6-8-11-7-5-9-12(17)15(11)14/h3,6,8,10,12,17H,4-5,7,9H2,1-2H3/b13-3+. The molecule has 20 heavy (non-hydrogen) atoms. The van der Waals surface area contributed by atoms with E-state index >= 15 is 0 Å². The van der Waals surface area contributed by atoms with Crippen LogP contribution in [0.5, 0.6) is 5.75 Å². The molecule has 1 aromatic rings. The highest BCUT2D eigenvalue weighted by molar-refractivity contribution is 5.86. The van der Waals surface area contributed by atoms with Crippen LogP contribution in [-0.4, -0.2) is 17.7 Å². The smallest absolute Gasteiger partial charge is 0.373 e. The van der Waals surface area contributed by atoms with Gasteiger partial charge in [0.1, 0.15) is 5.75 Å². The van der Waals surface area contributed by atoms with E-state index in [-0.39, 0.29) is 5.76 Å². The first-order valence-electron chi connectivity index (χ1n) is 6.98. The van der Waals surface area contributed by atoms with Crippen molar-refractivity contribution in [3.63, 3.8) is 0 Å². The fourth-order valence-electron chi connectivity index (χ4n) is 2.44. The molecule has 0 heterocycles. The normalized spacial score (nSPS) is 18.4. The number of hydrogen-bond donors (Lipinski definition) is 1. The zero-order valence-corrected chi connectivity index (χ0v) is 11.9. The Labute approximate surface area is 119 Å². The Morgan fingerprint density at radius 2 is 2.30 bits per heavy atom. The van der Waals surface area contributed by atoms with Gasteiger partial charge in [0.2, 0.25) is 5.76 Å². The van der Waals surface area contributed by atoms with Crippen molar-refractivity contribution in [2.24, 2.45) is 0 Å². The van der Waals surface area contributed by atoms with Gasteiger partial charge in [-0.05, 0) is 50.8 Å². The van der Waals surface area contributed by atoms with E-state index in [0.29, 0.717) is 12.4 Å². The summed E-state index contributed by atoms with van der Waals surface area (Å²) in [5.41, 5.74) is 1.88. The number of hydrogen-bond acceptors (Lipinski definition) is 4.